The number of thioether (sulfide) groups is 1. The minimum atomic E-state index is -0.00197. The number of hydrogen-bond donors (Lipinski definition) is 1. The molecule has 1 aromatic heterocycles. The molecule has 33 heavy (non-hydrogen) atoms. The van der Waals surface area contributed by atoms with Crippen molar-refractivity contribution in [1.29, 1.82) is 0 Å². The van der Waals surface area contributed by atoms with E-state index in [2.05, 4.69) is 10.3 Å². The Morgan fingerprint density at radius 1 is 1.09 bits per heavy atom. The highest BCUT2D eigenvalue weighted by molar-refractivity contribution is 8.00. The molecular formula is C27H27N3O2S. The Balaban J connectivity index is 1.36. The Hall–Kier alpha value is -3.38. The molecule has 0 saturated carbocycles. The van der Waals surface area contributed by atoms with Gasteiger partial charge in [0.25, 0.3) is 0 Å². The lowest BCUT2D eigenvalue weighted by molar-refractivity contribution is -0.126. The summed E-state index contributed by atoms with van der Waals surface area (Å²) < 4.78 is 0. The molecule has 0 atom stereocenters. The van der Waals surface area contributed by atoms with Crippen LogP contribution in [0.25, 0.3) is 6.08 Å². The highest BCUT2D eigenvalue weighted by Gasteiger charge is 2.23. The second-order valence-electron chi connectivity index (χ2n) is 7.96. The second kappa shape index (κ2) is 11.0. The Morgan fingerprint density at radius 2 is 1.82 bits per heavy atom. The van der Waals surface area contributed by atoms with Crippen LogP contribution in [0.2, 0.25) is 0 Å². The van der Waals surface area contributed by atoms with Crippen LogP contribution in [0.1, 0.15) is 27.9 Å². The van der Waals surface area contributed by atoms with Gasteiger partial charge in [0.2, 0.25) is 11.8 Å². The summed E-state index contributed by atoms with van der Waals surface area (Å²) in [6, 6.07) is 19.7. The molecule has 0 unspecified atom stereocenters. The van der Waals surface area contributed by atoms with E-state index < -0.39 is 0 Å². The molecule has 1 aliphatic heterocycles. The first-order chi connectivity index (χ1) is 16.1. The van der Waals surface area contributed by atoms with E-state index in [0.717, 1.165) is 33.7 Å². The van der Waals surface area contributed by atoms with Gasteiger partial charge in [-0.2, -0.15) is 0 Å². The van der Waals surface area contributed by atoms with Gasteiger partial charge in [-0.1, -0.05) is 48.5 Å². The van der Waals surface area contributed by atoms with Crippen molar-refractivity contribution in [3.8, 4) is 0 Å². The zero-order valence-corrected chi connectivity index (χ0v) is 19.5. The van der Waals surface area contributed by atoms with E-state index in [-0.39, 0.29) is 11.8 Å². The summed E-state index contributed by atoms with van der Waals surface area (Å²) in [5.41, 5.74) is 5.25. The van der Waals surface area contributed by atoms with Crippen LogP contribution in [-0.2, 0) is 29.1 Å². The normalized spacial score (nSPS) is 13.1. The van der Waals surface area contributed by atoms with Crippen LogP contribution in [0, 0.1) is 6.92 Å². The Kier molecular flexibility index (Phi) is 7.58. The summed E-state index contributed by atoms with van der Waals surface area (Å²) in [5.74, 6) is 0.374. The molecule has 0 radical (unpaired) electrons. The van der Waals surface area contributed by atoms with Gasteiger partial charge in [-0.3, -0.25) is 14.6 Å². The topological polar surface area (TPSA) is 62.3 Å². The van der Waals surface area contributed by atoms with Gasteiger partial charge >= 0.3 is 0 Å². The van der Waals surface area contributed by atoms with Crippen molar-refractivity contribution in [2.24, 2.45) is 0 Å². The van der Waals surface area contributed by atoms with Crippen molar-refractivity contribution in [1.82, 2.24) is 15.2 Å². The summed E-state index contributed by atoms with van der Waals surface area (Å²) in [4.78, 5) is 32.5. The summed E-state index contributed by atoms with van der Waals surface area (Å²) in [6.45, 7) is 3.61. The van der Waals surface area contributed by atoms with Crippen molar-refractivity contribution in [3.63, 3.8) is 0 Å². The number of hydrogen-bond acceptors (Lipinski definition) is 4. The zero-order valence-electron chi connectivity index (χ0n) is 18.7. The summed E-state index contributed by atoms with van der Waals surface area (Å²) >= 11 is 1.52. The third kappa shape index (κ3) is 6.11. The number of pyridine rings is 1. The number of aryl methyl sites for hydroxylation is 1. The third-order valence-electron chi connectivity index (χ3n) is 5.70. The fourth-order valence-corrected chi connectivity index (χ4v) is 4.63. The fraction of sp³-hybridized carbons (Fsp3) is 0.222. The van der Waals surface area contributed by atoms with Crippen molar-refractivity contribution in [2.45, 2.75) is 31.3 Å². The molecule has 5 nitrogen and oxygen atoms in total. The first-order valence-corrected chi connectivity index (χ1v) is 12.0. The predicted octanol–water partition coefficient (Wildman–Crippen LogP) is 4.40. The average Bonchev–Trinajstić information content (AvgIpc) is 2.86. The van der Waals surface area contributed by atoms with E-state index in [4.69, 9.17) is 0 Å². The number of amides is 2. The highest BCUT2D eigenvalue weighted by Crippen LogP contribution is 2.24. The molecule has 2 amide bonds. The monoisotopic (exact) mass is 457 g/mol. The predicted molar refractivity (Wildman–Crippen MR) is 133 cm³/mol. The van der Waals surface area contributed by atoms with Crippen LogP contribution < -0.4 is 5.32 Å². The molecule has 1 N–H and O–H groups in total. The molecule has 3 aromatic rings. The number of nitrogens with zero attached hydrogens (tertiary/aromatic N) is 2. The van der Waals surface area contributed by atoms with Crippen LogP contribution in [-0.4, -0.2) is 34.0 Å². The van der Waals surface area contributed by atoms with Crippen LogP contribution in [0.15, 0.2) is 77.8 Å². The number of carbonyl (C=O) groups is 2. The molecule has 0 saturated heterocycles. The number of benzene rings is 2. The third-order valence-corrected chi connectivity index (χ3v) is 6.71. The van der Waals surface area contributed by atoms with Crippen molar-refractivity contribution in [3.05, 3.63) is 101 Å². The van der Waals surface area contributed by atoms with E-state index in [9.17, 15) is 9.59 Å². The number of aromatic nitrogens is 1. The number of nitrogens with one attached hydrogen (secondary N) is 1. The van der Waals surface area contributed by atoms with E-state index >= 15 is 0 Å². The Bertz CT molecular complexity index is 1150. The maximum Gasteiger partial charge on any atom is 0.246 e. The largest absolute Gasteiger partial charge is 0.351 e. The van der Waals surface area contributed by atoms with Crippen LogP contribution in [0.5, 0.6) is 0 Å². The lowest BCUT2D eigenvalue weighted by Crippen LogP contribution is -2.36. The van der Waals surface area contributed by atoms with Gasteiger partial charge < -0.3 is 10.2 Å². The molecule has 2 heterocycles. The van der Waals surface area contributed by atoms with E-state index in [1.54, 1.807) is 6.08 Å². The first kappa shape index (κ1) is 22.8. The number of rotatable bonds is 7. The summed E-state index contributed by atoms with van der Waals surface area (Å²) in [6.07, 6.45) is 6.10. The van der Waals surface area contributed by atoms with Crippen molar-refractivity contribution >= 4 is 29.7 Å². The van der Waals surface area contributed by atoms with Gasteiger partial charge in [-0.25, -0.2) is 0 Å². The number of fused-ring (bicyclic) bond motifs is 1. The molecule has 6 heteroatoms. The van der Waals surface area contributed by atoms with Crippen molar-refractivity contribution in [2.75, 3.05) is 12.3 Å². The first-order valence-electron chi connectivity index (χ1n) is 11.0. The quantitative estimate of drug-likeness (QED) is 0.422. The smallest absolute Gasteiger partial charge is 0.246 e. The van der Waals surface area contributed by atoms with Gasteiger partial charge in [0, 0.05) is 42.5 Å². The second-order valence-corrected chi connectivity index (χ2v) is 9.01. The van der Waals surface area contributed by atoms with E-state index in [1.807, 2.05) is 84.8 Å². The SMILES string of the molecule is Cc1ncc2c(c1CNC(=O)CSc1ccccc1)CCN(C(=O)C=Cc1ccccc1)C2. The van der Waals surface area contributed by atoms with Crippen LogP contribution >= 0.6 is 11.8 Å². The molecule has 0 spiro atoms. The molecule has 0 aliphatic carbocycles. The van der Waals surface area contributed by atoms with Gasteiger partial charge in [-0.15, -0.1) is 11.8 Å². The van der Waals surface area contributed by atoms with Crippen molar-refractivity contribution < 1.29 is 9.59 Å². The Morgan fingerprint density at radius 3 is 2.58 bits per heavy atom. The van der Waals surface area contributed by atoms with Gasteiger partial charge in [0.15, 0.2) is 0 Å². The average molecular weight is 458 g/mol. The van der Waals surface area contributed by atoms with Crippen LogP contribution in [0.4, 0.5) is 0 Å². The zero-order chi connectivity index (χ0) is 23.0. The summed E-state index contributed by atoms with van der Waals surface area (Å²) in [7, 11) is 0. The maximum atomic E-state index is 12.7. The molecule has 0 bridgehead atoms. The molecule has 1 aliphatic rings. The van der Waals surface area contributed by atoms with E-state index in [1.165, 1.54) is 17.3 Å². The number of carbonyl (C=O) groups excluding carboxylic acids is 2. The molecular weight excluding hydrogens is 430 g/mol. The van der Waals surface area contributed by atoms with Crippen LogP contribution in [0.3, 0.4) is 0 Å². The van der Waals surface area contributed by atoms with E-state index in [0.29, 0.717) is 25.4 Å². The minimum absolute atomic E-state index is 0.000445. The Labute approximate surface area is 198 Å². The maximum absolute atomic E-state index is 12.7. The molecule has 4 rings (SSSR count). The highest BCUT2D eigenvalue weighted by atomic mass is 32.2. The minimum Gasteiger partial charge on any atom is -0.351 e. The molecule has 2 aromatic carbocycles. The lowest BCUT2D eigenvalue weighted by Gasteiger charge is -2.30. The lowest BCUT2D eigenvalue weighted by atomic mass is 9.95. The standard InChI is InChI=1S/C27H27N3O2S/c1-20-25(17-29-26(31)19-33-23-10-6-3-7-11-23)24-14-15-30(18-22(24)16-28-20)27(32)13-12-21-8-4-2-5-9-21/h2-13,16H,14-15,17-19H2,1H3,(H,29,31). The molecule has 0 fully saturated rings. The van der Waals surface area contributed by atoms with Gasteiger partial charge in [0.1, 0.15) is 0 Å². The van der Waals surface area contributed by atoms with Gasteiger partial charge in [0.05, 0.1) is 5.75 Å². The molecule has 168 valence electrons. The fourth-order valence-electron chi connectivity index (χ4n) is 3.89. The van der Waals surface area contributed by atoms with Gasteiger partial charge in [-0.05, 0) is 53.8 Å². The summed E-state index contributed by atoms with van der Waals surface area (Å²) in [5, 5.41) is 3.04.